The SMILES string of the molecule is CCOc1nc(NC)nc2ccc(/C=C(/C=O)SC(=N)NC3C[C@@H]3c3ccccc3)cc12. The van der Waals surface area contributed by atoms with Gasteiger partial charge >= 0.3 is 0 Å². The summed E-state index contributed by atoms with van der Waals surface area (Å²) >= 11 is 1.12. The minimum Gasteiger partial charge on any atom is -0.477 e. The molecule has 164 valence electrons. The van der Waals surface area contributed by atoms with Gasteiger partial charge in [-0.1, -0.05) is 36.4 Å². The minimum absolute atomic E-state index is 0.234. The molecule has 1 saturated carbocycles. The van der Waals surface area contributed by atoms with Crippen LogP contribution in [0.5, 0.6) is 5.88 Å². The topological polar surface area (TPSA) is 100.0 Å². The Bertz CT molecular complexity index is 1170. The molecule has 0 spiro atoms. The third-order valence-electron chi connectivity index (χ3n) is 5.17. The second kappa shape index (κ2) is 9.82. The number of hydrogen-bond donors (Lipinski definition) is 3. The molecule has 32 heavy (non-hydrogen) atoms. The van der Waals surface area contributed by atoms with Crippen LogP contribution in [0.25, 0.3) is 17.0 Å². The number of allylic oxidation sites excluding steroid dienone is 1. The number of ether oxygens (including phenoxy) is 1. The Balaban J connectivity index is 1.47. The predicted octanol–water partition coefficient (Wildman–Crippen LogP) is 4.42. The Kier molecular flexibility index (Phi) is 6.70. The van der Waals surface area contributed by atoms with Gasteiger partial charge in [-0.05, 0) is 54.4 Å². The molecule has 0 bridgehead atoms. The fourth-order valence-corrected chi connectivity index (χ4v) is 4.25. The van der Waals surface area contributed by atoms with Gasteiger partial charge in [0.05, 0.1) is 22.4 Å². The van der Waals surface area contributed by atoms with Crippen LogP contribution in [-0.2, 0) is 4.79 Å². The van der Waals surface area contributed by atoms with E-state index in [0.717, 1.165) is 40.9 Å². The third kappa shape index (κ3) is 5.08. The summed E-state index contributed by atoms with van der Waals surface area (Å²) in [5.41, 5.74) is 2.84. The summed E-state index contributed by atoms with van der Waals surface area (Å²) in [6.45, 7) is 2.39. The van der Waals surface area contributed by atoms with Crippen molar-refractivity contribution >= 4 is 46.1 Å². The van der Waals surface area contributed by atoms with Crippen LogP contribution in [0.1, 0.15) is 30.4 Å². The summed E-state index contributed by atoms with van der Waals surface area (Å²) in [5.74, 6) is 1.40. The summed E-state index contributed by atoms with van der Waals surface area (Å²) < 4.78 is 5.68. The summed E-state index contributed by atoms with van der Waals surface area (Å²) in [6, 6.07) is 16.2. The molecule has 0 radical (unpaired) electrons. The van der Waals surface area contributed by atoms with E-state index >= 15 is 0 Å². The minimum atomic E-state index is 0.234. The molecule has 3 aromatic rings. The van der Waals surface area contributed by atoms with Gasteiger partial charge < -0.3 is 15.4 Å². The zero-order chi connectivity index (χ0) is 22.5. The molecular formula is C24H25N5O2S. The largest absolute Gasteiger partial charge is 0.477 e. The first-order valence-electron chi connectivity index (χ1n) is 10.5. The molecule has 3 N–H and O–H groups in total. The smallest absolute Gasteiger partial charge is 0.226 e. The van der Waals surface area contributed by atoms with Crippen molar-refractivity contribution in [3.63, 3.8) is 0 Å². The fraction of sp³-hybridized carbons (Fsp3) is 0.250. The number of fused-ring (bicyclic) bond motifs is 1. The number of aromatic nitrogens is 2. The number of carbonyl (C=O) groups excluding carboxylic acids is 1. The van der Waals surface area contributed by atoms with Crippen molar-refractivity contribution in [3.05, 3.63) is 64.6 Å². The molecule has 2 aromatic carbocycles. The van der Waals surface area contributed by atoms with Gasteiger partial charge in [-0.25, -0.2) is 4.98 Å². The maximum atomic E-state index is 11.7. The molecule has 1 aliphatic rings. The maximum absolute atomic E-state index is 11.7. The summed E-state index contributed by atoms with van der Waals surface area (Å²) in [4.78, 5) is 21.0. The monoisotopic (exact) mass is 447 g/mol. The Hall–Kier alpha value is -3.39. The van der Waals surface area contributed by atoms with Gasteiger partial charge in [0, 0.05) is 19.0 Å². The Labute approximate surface area is 191 Å². The third-order valence-corrected chi connectivity index (χ3v) is 5.94. The van der Waals surface area contributed by atoms with Crippen LogP contribution in [0.15, 0.2) is 53.4 Å². The van der Waals surface area contributed by atoms with E-state index in [1.807, 2.05) is 43.3 Å². The van der Waals surface area contributed by atoms with Crippen LogP contribution in [0.4, 0.5) is 5.95 Å². The van der Waals surface area contributed by atoms with Gasteiger partial charge in [0.25, 0.3) is 0 Å². The van der Waals surface area contributed by atoms with E-state index in [0.29, 0.717) is 29.3 Å². The quantitative estimate of drug-likeness (QED) is 0.203. The second-order valence-corrected chi connectivity index (χ2v) is 8.50. The van der Waals surface area contributed by atoms with E-state index in [-0.39, 0.29) is 11.2 Å². The highest BCUT2D eigenvalue weighted by Crippen LogP contribution is 2.41. The molecule has 0 amide bonds. The number of thioether (sulfide) groups is 1. The van der Waals surface area contributed by atoms with Gasteiger partial charge in [-0.2, -0.15) is 4.98 Å². The van der Waals surface area contributed by atoms with Gasteiger partial charge in [0.1, 0.15) is 0 Å². The molecule has 1 aliphatic carbocycles. The Morgan fingerprint density at radius 3 is 2.78 bits per heavy atom. The molecule has 2 atom stereocenters. The highest BCUT2D eigenvalue weighted by Gasteiger charge is 2.38. The molecule has 1 aromatic heterocycles. The fourth-order valence-electron chi connectivity index (χ4n) is 3.56. The number of anilines is 1. The molecule has 1 heterocycles. The summed E-state index contributed by atoms with van der Waals surface area (Å²) in [6.07, 6.45) is 3.53. The van der Waals surface area contributed by atoms with Crippen LogP contribution in [0.2, 0.25) is 0 Å². The lowest BCUT2D eigenvalue weighted by molar-refractivity contribution is -0.104. The van der Waals surface area contributed by atoms with Crippen molar-refractivity contribution in [1.82, 2.24) is 15.3 Å². The molecule has 0 aliphatic heterocycles. The number of amidine groups is 1. The molecule has 0 saturated heterocycles. The molecule has 1 unspecified atom stereocenters. The zero-order valence-corrected chi connectivity index (χ0v) is 18.8. The van der Waals surface area contributed by atoms with Crippen molar-refractivity contribution in [2.45, 2.75) is 25.3 Å². The van der Waals surface area contributed by atoms with Crippen LogP contribution in [-0.4, -0.2) is 41.1 Å². The van der Waals surface area contributed by atoms with E-state index in [2.05, 4.69) is 32.7 Å². The molecule has 8 heteroatoms. The van der Waals surface area contributed by atoms with Crippen molar-refractivity contribution in [1.29, 1.82) is 5.41 Å². The number of benzene rings is 2. The van der Waals surface area contributed by atoms with Crippen molar-refractivity contribution in [2.24, 2.45) is 0 Å². The second-order valence-electron chi connectivity index (χ2n) is 7.41. The maximum Gasteiger partial charge on any atom is 0.226 e. The predicted molar refractivity (Wildman–Crippen MR) is 130 cm³/mol. The van der Waals surface area contributed by atoms with Gasteiger partial charge in [-0.15, -0.1) is 0 Å². The number of carbonyl (C=O) groups is 1. The van der Waals surface area contributed by atoms with E-state index in [9.17, 15) is 4.79 Å². The highest BCUT2D eigenvalue weighted by atomic mass is 32.2. The van der Waals surface area contributed by atoms with E-state index in [1.54, 1.807) is 13.1 Å². The number of rotatable bonds is 8. The van der Waals surface area contributed by atoms with E-state index in [4.69, 9.17) is 10.1 Å². The van der Waals surface area contributed by atoms with Gasteiger partial charge in [-0.3, -0.25) is 10.2 Å². The molecule has 1 fully saturated rings. The van der Waals surface area contributed by atoms with Crippen molar-refractivity contribution in [3.8, 4) is 5.88 Å². The normalized spacial score (nSPS) is 17.6. The number of nitrogens with one attached hydrogen (secondary N) is 3. The first-order valence-corrected chi connectivity index (χ1v) is 11.3. The highest BCUT2D eigenvalue weighted by molar-refractivity contribution is 8.17. The lowest BCUT2D eigenvalue weighted by Crippen LogP contribution is -2.23. The standard InChI is InChI=1S/C24H25N5O2S/c1-3-31-22-19-12-15(9-10-20(19)28-24(26-2)29-22)11-17(14-30)32-23(25)27-21-13-18(21)16-7-5-4-6-8-16/h4-12,14,18,21H,3,13H2,1-2H3,(H2,25,27)(H,26,28,29)/b17-11-/t18-,21?/m1/s1. The van der Waals surface area contributed by atoms with E-state index in [1.165, 1.54) is 5.56 Å². The lowest BCUT2D eigenvalue weighted by atomic mass is 10.1. The molecule has 7 nitrogen and oxygen atoms in total. The van der Waals surface area contributed by atoms with Crippen molar-refractivity contribution in [2.75, 3.05) is 19.0 Å². The first-order chi connectivity index (χ1) is 15.6. The van der Waals surface area contributed by atoms with Crippen LogP contribution in [0, 0.1) is 5.41 Å². The van der Waals surface area contributed by atoms with Gasteiger partial charge in [0.15, 0.2) is 11.5 Å². The average Bonchev–Trinajstić information content (AvgIpc) is 3.58. The van der Waals surface area contributed by atoms with Crippen LogP contribution >= 0.6 is 11.8 Å². The van der Waals surface area contributed by atoms with Gasteiger partial charge in [0.2, 0.25) is 11.8 Å². The van der Waals surface area contributed by atoms with Crippen LogP contribution in [0.3, 0.4) is 0 Å². The Morgan fingerprint density at radius 2 is 2.06 bits per heavy atom. The number of nitrogens with zero attached hydrogens (tertiary/aromatic N) is 2. The van der Waals surface area contributed by atoms with Crippen LogP contribution < -0.4 is 15.4 Å². The first kappa shape index (κ1) is 21.8. The summed E-state index contributed by atoms with van der Waals surface area (Å²) in [5, 5.41) is 15.5. The lowest BCUT2D eigenvalue weighted by Gasteiger charge is -2.10. The number of aldehydes is 1. The van der Waals surface area contributed by atoms with Crippen molar-refractivity contribution < 1.29 is 9.53 Å². The Morgan fingerprint density at radius 1 is 1.25 bits per heavy atom. The average molecular weight is 448 g/mol. The zero-order valence-electron chi connectivity index (χ0n) is 18.0. The summed E-state index contributed by atoms with van der Waals surface area (Å²) in [7, 11) is 1.76. The number of hydrogen-bond acceptors (Lipinski definition) is 7. The van der Waals surface area contributed by atoms with E-state index < -0.39 is 0 Å². The molecular weight excluding hydrogens is 422 g/mol. The molecule has 4 rings (SSSR count).